The number of nitrogens with zero attached hydrogens (tertiary/aromatic N) is 2. The van der Waals surface area contributed by atoms with Gasteiger partial charge >= 0.3 is 0 Å². The summed E-state index contributed by atoms with van der Waals surface area (Å²) < 4.78 is 37.9. The molecule has 3 heterocycles. The van der Waals surface area contributed by atoms with Crippen LogP contribution in [0.2, 0.25) is 0 Å². The van der Waals surface area contributed by atoms with Crippen molar-refractivity contribution in [3.8, 4) is 11.5 Å². The second kappa shape index (κ2) is 8.54. The van der Waals surface area contributed by atoms with E-state index in [1.807, 2.05) is 13.8 Å². The minimum Gasteiger partial charge on any atom is -0.454 e. The summed E-state index contributed by atoms with van der Waals surface area (Å²) in [5, 5.41) is 2.87. The number of benzene rings is 1. The molecule has 1 N–H and O–H groups in total. The topological polar surface area (TPSA) is 88.2 Å². The number of aryl methyl sites for hydroxylation is 2. The van der Waals surface area contributed by atoms with Crippen LogP contribution < -0.4 is 14.8 Å². The number of nitrogens with one attached hydrogen (secondary N) is 1. The smallest absolute Gasteiger partial charge is 0.244 e. The lowest BCUT2D eigenvalue weighted by Gasteiger charge is -2.33. The predicted molar refractivity (Wildman–Crippen MR) is 115 cm³/mol. The highest BCUT2D eigenvalue weighted by Gasteiger charge is 2.30. The lowest BCUT2D eigenvalue weighted by Crippen LogP contribution is -2.49. The molecule has 1 amide bonds. The molecule has 1 saturated heterocycles. The van der Waals surface area contributed by atoms with Gasteiger partial charge in [-0.05, 0) is 32.0 Å². The molecule has 8 nitrogen and oxygen atoms in total. The number of carbonyl (C=O) groups excluding carboxylic acids is 1. The van der Waals surface area contributed by atoms with Gasteiger partial charge in [0.25, 0.3) is 0 Å². The number of hydrogen-bond acceptors (Lipinski definition) is 7. The molecule has 2 aromatic rings. The van der Waals surface area contributed by atoms with E-state index in [0.29, 0.717) is 61.2 Å². The first-order valence-corrected chi connectivity index (χ1v) is 12.1. The molecule has 0 spiro atoms. The van der Waals surface area contributed by atoms with Gasteiger partial charge < -0.3 is 19.7 Å². The summed E-state index contributed by atoms with van der Waals surface area (Å²) in [4.78, 5) is 16.7. The molecule has 0 atom stereocenters. The molecule has 0 bridgehead atoms. The first kappa shape index (κ1) is 21.1. The van der Waals surface area contributed by atoms with Gasteiger partial charge in [0.15, 0.2) is 11.5 Å². The minimum absolute atomic E-state index is 0.0895. The lowest BCUT2D eigenvalue weighted by molar-refractivity contribution is -0.116. The van der Waals surface area contributed by atoms with Gasteiger partial charge in [0.1, 0.15) is 0 Å². The fraction of sp³-hybridized carbons (Fsp3) is 0.450. The Hall–Kier alpha value is -2.14. The van der Waals surface area contributed by atoms with Crippen molar-refractivity contribution in [3.63, 3.8) is 0 Å². The van der Waals surface area contributed by atoms with Crippen molar-refractivity contribution in [3.05, 3.63) is 34.0 Å². The van der Waals surface area contributed by atoms with E-state index in [2.05, 4.69) is 10.2 Å². The molecule has 2 aliphatic rings. The highest BCUT2D eigenvalue weighted by Crippen LogP contribution is 2.34. The molecule has 30 heavy (non-hydrogen) atoms. The zero-order valence-corrected chi connectivity index (χ0v) is 18.6. The van der Waals surface area contributed by atoms with Gasteiger partial charge in [-0.25, -0.2) is 8.42 Å². The zero-order valence-electron chi connectivity index (χ0n) is 17.0. The SMILES string of the molecule is Cc1cc(S(=O)(=O)N2CCN(CCC(=O)Nc3ccc4c(c3)OCO4)CC2)c(C)s1. The first-order chi connectivity index (χ1) is 14.3. The predicted octanol–water partition coefficient (Wildman–Crippen LogP) is 2.43. The summed E-state index contributed by atoms with van der Waals surface area (Å²) in [6.07, 6.45) is 0.337. The van der Waals surface area contributed by atoms with Crippen molar-refractivity contribution in [1.82, 2.24) is 9.21 Å². The van der Waals surface area contributed by atoms with Crippen LogP contribution in [0.5, 0.6) is 11.5 Å². The molecule has 0 aliphatic carbocycles. The quantitative estimate of drug-likeness (QED) is 0.726. The van der Waals surface area contributed by atoms with Crippen molar-refractivity contribution in [2.45, 2.75) is 25.2 Å². The number of piperazine rings is 1. The van der Waals surface area contributed by atoms with Gasteiger partial charge in [-0.15, -0.1) is 11.3 Å². The molecule has 2 aliphatic heterocycles. The average Bonchev–Trinajstić information content (AvgIpc) is 3.32. The number of amides is 1. The van der Waals surface area contributed by atoms with Gasteiger partial charge in [0.05, 0.1) is 4.90 Å². The number of thiophene rings is 1. The van der Waals surface area contributed by atoms with Crippen LogP contribution in [0.1, 0.15) is 16.2 Å². The van der Waals surface area contributed by atoms with Crippen LogP contribution in [-0.2, 0) is 14.8 Å². The molecular formula is C20H25N3O5S2. The van der Waals surface area contributed by atoms with Crippen LogP contribution in [0.25, 0.3) is 0 Å². The number of ether oxygens (including phenoxy) is 2. The molecular weight excluding hydrogens is 426 g/mol. The minimum atomic E-state index is -3.46. The highest BCUT2D eigenvalue weighted by molar-refractivity contribution is 7.89. The average molecular weight is 452 g/mol. The number of hydrogen-bond donors (Lipinski definition) is 1. The third-order valence-corrected chi connectivity index (χ3v) is 8.38. The summed E-state index contributed by atoms with van der Waals surface area (Å²) in [6, 6.07) is 7.05. The molecule has 162 valence electrons. The van der Waals surface area contributed by atoms with Crippen LogP contribution in [0.4, 0.5) is 5.69 Å². The number of carbonyl (C=O) groups is 1. The maximum absolute atomic E-state index is 12.9. The fourth-order valence-corrected chi connectivity index (χ4v) is 6.60. The Morgan fingerprint density at radius 1 is 1.10 bits per heavy atom. The number of anilines is 1. The summed E-state index contributed by atoms with van der Waals surface area (Å²) in [7, 11) is -3.46. The first-order valence-electron chi connectivity index (χ1n) is 9.82. The molecule has 0 radical (unpaired) electrons. The van der Waals surface area contributed by atoms with Crippen molar-refractivity contribution in [2.75, 3.05) is 44.8 Å². The normalized spacial score (nSPS) is 17.3. The Kier molecular flexibility index (Phi) is 6.01. The van der Waals surface area contributed by atoms with Crippen molar-refractivity contribution < 1.29 is 22.7 Å². The fourth-order valence-electron chi connectivity index (χ4n) is 3.65. The molecule has 1 aromatic carbocycles. The monoisotopic (exact) mass is 451 g/mol. The van der Waals surface area contributed by atoms with Crippen LogP contribution >= 0.6 is 11.3 Å². The van der Waals surface area contributed by atoms with Crippen LogP contribution in [-0.4, -0.2) is 63.0 Å². The third-order valence-electron chi connectivity index (χ3n) is 5.26. The zero-order chi connectivity index (χ0) is 21.3. The van der Waals surface area contributed by atoms with E-state index in [1.54, 1.807) is 28.6 Å². The van der Waals surface area contributed by atoms with E-state index in [4.69, 9.17) is 9.47 Å². The highest BCUT2D eigenvalue weighted by atomic mass is 32.2. The van der Waals surface area contributed by atoms with Gasteiger partial charge in [0, 0.05) is 60.7 Å². The van der Waals surface area contributed by atoms with E-state index in [9.17, 15) is 13.2 Å². The second-order valence-electron chi connectivity index (χ2n) is 7.39. The van der Waals surface area contributed by atoms with E-state index >= 15 is 0 Å². The summed E-state index contributed by atoms with van der Waals surface area (Å²) in [5.41, 5.74) is 0.668. The van der Waals surface area contributed by atoms with E-state index < -0.39 is 10.0 Å². The molecule has 1 aromatic heterocycles. The van der Waals surface area contributed by atoms with Gasteiger partial charge in [-0.3, -0.25) is 4.79 Å². The van der Waals surface area contributed by atoms with Crippen LogP contribution in [0.3, 0.4) is 0 Å². The molecule has 1 fully saturated rings. The van der Waals surface area contributed by atoms with Gasteiger partial charge in [0.2, 0.25) is 22.7 Å². The molecule has 0 saturated carbocycles. The maximum Gasteiger partial charge on any atom is 0.244 e. The summed E-state index contributed by atoms with van der Waals surface area (Å²) >= 11 is 1.50. The van der Waals surface area contributed by atoms with E-state index in [-0.39, 0.29) is 12.7 Å². The third kappa shape index (κ3) is 4.46. The van der Waals surface area contributed by atoms with Crippen molar-refractivity contribution in [2.24, 2.45) is 0 Å². The lowest BCUT2D eigenvalue weighted by atomic mass is 10.2. The Bertz CT molecular complexity index is 1040. The van der Waals surface area contributed by atoms with Crippen molar-refractivity contribution >= 4 is 33.0 Å². The molecule has 10 heteroatoms. The van der Waals surface area contributed by atoms with E-state index in [1.165, 1.54) is 11.3 Å². The largest absolute Gasteiger partial charge is 0.454 e. The maximum atomic E-state index is 12.9. The number of rotatable bonds is 6. The molecule has 4 rings (SSSR count). The number of sulfonamides is 1. The Balaban J connectivity index is 1.26. The molecule has 0 unspecified atom stereocenters. The second-order valence-corrected chi connectivity index (χ2v) is 10.8. The Morgan fingerprint density at radius 3 is 2.53 bits per heavy atom. The number of fused-ring (bicyclic) bond motifs is 1. The van der Waals surface area contributed by atoms with Crippen LogP contribution in [0.15, 0.2) is 29.2 Å². The Labute approximate surface area is 180 Å². The summed E-state index contributed by atoms with van der Waals surface area (Å²) in [6.45, 7) is 6.63. The van der Waals surface area contributed by atoms with Crippen molar-refractivity contribution in [1.29, 1.82) is 0 Å². The van der Waals surface area contributed by atoms with Gasteiger partial charge in [-0.2, -0.15) is 4.31 Å². The standard InChI is InChI=1S/C20H25N3O5S2/c1-14-11-19(15(2)29-14)30(25,26)23-9-7-22(8-10-23)6-5-20(24)21-16-3-4-17-18(12-16)28-13-27-17/h3-4,11-12H,5-10,13H2,1-2H3,(H,21,24). The van der Waals surface area contributed by atoms with Gasteiger partial charge in [-0.1, -0.05) is 0 Å². The van der Waals surface area contributed by atoms with E-state index in [0.717, 1.165) is 9.75 Å². The summed E-state index contributed by atoms with van der Waals surface area (Å²) in [5.74, 6) is 1.21. The Morgan fingerprint density at radius 2 is 1.83 bits per heavy atom. The van der Waals surface area contributed by atoms with Crippen LogP contribution in [0, 0.1) is 13.8 Å².